The first-order chi connectivity index (χ1) is 17.2. The summed E-state index contributed by atoms with van der Waals surface area (Å²) in [5.41, 5.74) is 0.0377. The smallest absolute Gasteiger partial charge is 0.426 e. The number of amides is 4. The molecule has 11 nitrogen and oxygen atoms in total. The second-order valence-electron chi connectivity index (χ2n) is 10.3. The minimum absolute atomic E-state index is 0.0377. The average molecular weight is 521 g/mol. The normalized spacial score (nSPS) is 14.0. The van der Waals surface area contributed by atoms with Gasteiger partial charge in [0.1, 0.15) is 23.7 Å². The fourth-order valence-electron chi connectivity index (χ4n) is 3.33. The van der Waals surface area contributed by atoms with Gasteiger partial charge < -0.3 is 31.3 Å². The van der Waals surface area contributed by atoms with Crippen molar-refractivity contribution in [3.63, 3.8) is 0 Å². The van der Waals surface area contributed by atoms with Gasteiger partial charge in [-0.05, 0) is 44.4 Å². The van der Waals surface area contributed by atoms with Crippen molar-refractivity contribution in [2.24, 2.45) is 17.8 Å². The summed E-state index contributed by atoms with van der Waals surface area (Å²) < 4.78 is 0. The van der Waals surface area contributed by atoms with Crippen molar-refractivity contribution in [2.45, 2.75) is 92.2 Å². The zero-order valence-corrected chi connectivity index (χ0v) is 23.1. The number of hydrogen-bond donors (Lipinski definition) is 6. The van der Waals surface area contributed by atoms with Crippen LogP contribution in [0.5, 0.6) is 0 Å². The monoisotopic (exact) mass is 521 g/mol. The van der Waals surface area contributed by atoms with Crippen LogP contribution in [-0.2, 0) is 19.2 Å². The van der Waals surface area contributed by atoms with Crippen molar-refractivity contribution in [1.29, 1.82) is 5.26 Å². The lowest BCUT2D eigenvalue weighted by molar-refractivity contribution is -0.132. The first-order valence-electron chi connectivity index (χ1n) is 12.9. The highest BCUT2D eigenvalue weighted by atomic mass is 16.4. The Morgan fingerprint density at radius 2 is 1.51 bits per heavy atom. The number of carbonyl (C=O) groups excluding carboxylic acids is 4. The van der Waals surface area contributed by atoms with E-state index in [2.05, 4.69) is 21.3 Å². The van der Waals surface area contributed by atoms with Crippen LogP contribution in [-0.4, -0.2) is 65.4 Å². The van der Waals surface area contributed by atoms with Crippen LogP contribution in [0.3, 0.4) is 0 Å². The van der Waals surface area contributed by atoms with Crippen LogP contribution in [0, 0.1) is 29.1 Å². The zero-order chi connectivity index (χ0) is 28.7. The predicted molar refractivity (Wildman–Crippen MR) is 141 cm³/mol. The van der Waals surface area contributed by atoms with Gasteiger partial charge in [-0.1, -0.05) is 47.6 Å². The minimum Gasteiger partial charge on any atom is -0.426 e. The second-order valence-corrected chi connectivity index (χ2v) is 10.3. The highest BCUT2D eigenvalue weighted by molar-refractivity contribution is 6.43. The molecule has 37 heavy (non-hydrogen) atoms. The molecule has 0 radical (unpaired) electrons. The maximum atomic E-state index is 13.0. The number of carbonyl (C=O) groups is 4. The standard InChI is InChI=1S/C25H44BN5O6/c1-15(2)12-19(14-27)24(34)28-11-9-8-10-20(25(35)31-21(26(36)37)13-16(3)4)30-23(33)18(7)29-22(32)17(5)6/h12,15-18,20-21,36-37H,8-11,13H2,1-7H3,(H,28,34)(H,29,32)(H,30,33)(H,31,35)/t18?,20?,21-/m0/s1. The molecule has 0 aromatic carbocycles. The van der Waals surface area contributed by atoms with Gasteiger partial charge in [-0.3, -0.25) is 19.2 Å². The fraction of sp³-hybridized carbons (Fsp3) is 0.720. The molecule has 0 heterocycles. The molecule has 6 N–H and O–H groups in total. The number of nitriles is 1. The van der Waals surface area contributed by atoms with Crippen LogP contribution in [0.2, 0.25) is 0 Å². The summed E-state index contributed by atoms with van der Waals surface area (Å²) in [5, 5.41) is 39.0. The van der Waals surface area contributed by atoms with Crippen molar-refractivity contribution >= 4 is 30.7 Å². The molecule has 12 heteroatoms. The van der Waals surface area contributed by atoms with Crippen LogP contribution in [0.4, 0.5) is 0 Å². The van der Waals surface area contributed by atoms with Crippen molar-refractivity contribution in [3.05, 3.63) is 11.6 Å². The lowest BCUT2D eigenvalue weighted by Crippen LogP contribution is -2.56. The zero-order valence-electron chi connectivity index (χ0n) is 23.1. The van der Waals surface area contributed by atoms with Gasteiger partial charge in [-0.15, -0.1) is 0 Å². The van der Waals surface area contributed by atoms with Gasteiger partial charge in [0.05, 0.1) is 5.94 Å². The molecule has 3 atom stereocenters. The van der Waals surface area contributed by atoms with Crippen LogP contribution >= 0.6 is 0 Å². The summed E-state index contributed by atoms with van der Waals surface area (Å²) in [7, 11) is -1.77. The Labute approximate surface area is 221 Å². The van der Waals surface area contributed by atoms with Crippen LogP contribution in [0.15, 0.2) is 11.6 Å². The molecule has 2 unspecified atom stereocenters. The van der Waals surface area contributed by atoms with Crippen LogP contribution in [0.25, 0.3) is 0 Å². The van der Waals surface area contributed by atoms with Gasteiger partial charge in [-0.25, -0.2) is 0 Å². The first-order valence-corrected chi connectivity index (χ1v) is 12.9. The summed E-state index contributed by atoms with van der Waals surface area (Å²) in [5.74, 6) is -3.00. The van der Waals surface area contributed by atoms with Gasteiger partial charge in [-0.2, -0.15) is 5.26 Å². The Kier molecular flexibility index (Phi) is 16.2. The third kappa shape index (κ3) is 14.4. The molecular formula is C25H44BN5O6. The van der Waals surface area contributed by atoms with Gasteiger partial charge >= 0.3 is 7.12 Å². The molecule has 4 amide bonds. The van der Waals surface area contributed by atoms with Crippen LogP contribution < -0.4 is 21.3 Å². The Hall–Kier alpha value is -2.91. The van der Waals surface area contributed by atoms with E-state index in [0.29, 0.717) is 19.3 Å². The lowest BCUT2D eigenvalue weighted by atomic mass is 9.75. The highest BCUT2D eigenvalue weighted by Gasteiger charge is 2.30. The number of hydrogen-bond acceptors (Lipinski definition) is 7. The lowest BCUT2D eigenvalue weighted by Gasteiger charge is -2.25. The van der Waals surface area contributed by atoms with Crippen molar-refractivity contribution in [2.75, 3.05) is 6.54 Å². The fourth-order valence-corrected chi connectivity index (χ4v) is 3.33. The Morgan fingerprint density at radius 1 is 0.892 bits per heavy atom. The molecule has 0 aliphatic rings. The summed E-state index contributed by atoms with van der Waals surface area (Å²) in [4.78, 5) is 49.8. The molecule has 0 saturated heterocycles. The summed E-state index contributed by atoms with van der Waals surface area (Å²) in [6.45, 7) is 12.7. The van der Waals surface area contributed by atoms with Gasteiger partial charge in [0.25, 0.3) is 5.91 Å². The van der Waals surface area contributed by atoms with E-state index in [1.807, 2.05) is 33.8 Å². The quantitative estimate of drug-likeness (QED) is 0.0743. The number of nitrogens with one attached hydrogen (secondary N) is 4. The molecule has 0 aromatic rings. The van der Waals surface area contributed by atoms with Crippen molar-refractivity contribution in [3.8, 4) is 6.07 Å². The number of unbranched alkanes of at least 4 members (excludes halogenated alkanes) is 1. The topological polar surface area (TPSA) is 181 Å². The molecule has 0 fully saturated rings. The maximum absolute atomic E-state index is 13.0. The van der Waals surface area contributed by atoms with Gasteiger partial charge in [0.2, 0.25) is 17.7 Å². The summed E-state index contributed by atoms with van der Waals surface area (Å²) in [6.07, 6.45) is 3.03. The third-order valence-corrected chi connectivity index (χ3v) is 5.39. The van der Waals surface area contributed by atoms with Gasteiger partial charge in [0, 0.05) is 12.5 Å². The van der Waals surface area contributed by atoms with E-state index in [4.69, 9.17) is 5.26 Å². The molecule has 0 aromatic heterocycles. The maximum Gasteiger partial charge on any atom is 0.475 e. The number of allylic oxidation sites excluding steroid dienone is 1. The van der Waals surface area contributed by atoms with E-state index in [1.54, 1.807) is 19.9 Å². The number of rotatable bonds is 16. The first kappa shape index (κ1) is 34.1. The largest absolute Gasteiger partial charge is 0.475 e. The van der Waals surface area contributed by atoms with E-state index >= 15 is 0 Å². The molecular weight excluding hydrogens is 477 g/mol. The second kappa shape index (κ2) is 17.5. The molecule has 0 aliphatic heterocycles. The number of nitrogens with zero attached hydrogens (tertiary/aromatic N) is 1. The predicted octanol–water partition coefficient (Wildman–Crippen LogP) is 0.567. The van der Waals surface area contributed by atoms with Gasteiger partial charge in [0.15, 0.2) is 0 Å². The van der Waals surface area contributed by atoms with E-state index in [1.165, 1.54) is 6.92 Å². The Morgan fingerprint density at radius 3 is 2.00 bits per heavy atom. The summed E-state index contributed by atoms with van der Waals surface area (Å²) >= 11 is 0. The Bertz CT molecular complexity index is 838. The molecule has 0 spiro atoms. The Balaban J connectivity index is 5.23. The SMILES string of the molecule is CC(C)C=C(C#N)C(=O)NCCCCC(NC(=O)C(C)NC(=O)C(C)C)C(=O)N[C@@H](CC(C)C)B(O)O. The molecule has 0 rings (SSSR count). The van der Waals surface area contributed by atoms with Crippen LogP contribution in [0.1, 0.15) is 74.1 Å². The van der Waals surface area contributed by atoms with E-state index < -0.39 is 42.9 Å². The molecule has 0 saturated carbocycles. The minimum atomic E-state index is -1.77. The van der Waals surface area contributed by atoms with E-state index in [9.17, 15) is 29.2 Å². The van der Waals surface area contributed by atoms with Crippen molar-refractivity contribution < 1.29 is 29.2 Å². The van der Waals surface area contributed by atoms with E-state index in [0.717, 1.165) is 0 Å². The molecule has 0 aliphatic carbocycles. The summed E-state index contributed by atoms with van der Waals surface area (Å²) in [6, 6.07) is 0.00505. The molecule has 208 valence electrons. The molecule has 0 bridgehead atoms. The van der Waals surface area contributed by atoms with E-state index in [-0.39, 0.29) is 42.2 Å². The third-order valence-electron chi connectivity index (χ3n) is 5.39. The average Bonchev–Trinajstić information content (AvgIpc) is 2.79. The highest BCUT2D eigenvalue weighted by Crippen LogP contribution is 2.09. The van der Waals surface area contributed by atoms with Crippen molar-refractivity contribution in [1.82, 2.24) is 21.3 Å².